The molecule has 84 valence electrons. The van der Waals surface area contributed by atoms with Crippen LogP contribution in [0.5, 0.6) is 0 Å². The third-order valence-electron chi connectivity index (χ3n) is 1.94. The van der Waals surface area contributed by atoms with Crippen LogP contribution in [0, 0.1) is 5.92 Å². The fourth-order valence-electron chi connectivity index (χ4n) is 1.32. The molecule has 1 aromatic rings. The number of nitrogens with two attached hydrogens (primary N) is 1. The number of benzene rings is 1. The minimum absolute atomic E-state index is 0.464. The highest BCUT2D eigenvalue weighted by Gasteiger charge is 2.08. The highest BCUT2D eigenvalue weighted by atomic mass is 79.9. The summed E-state index contributed by atoms with van der Waals surface area (Å²) >= 11 is 3.42. The Balaban J connectivity index is 2.73. The van der Waals surface area contributed by atoms with Crippen molar-refractivity contribution in [2.75, 3.05) is 11.5 Å². The molecule has 0 amide bonds. The number of anilines is 1. The van der Waals surface area contributed by atoms with Gasteiger partial charge < -0.3 is 5.73 Å². The molecule has 0 aliphatic carbocycles. The van der Waals surface area contributed by atoms with Crippen molar-refractivity contribution >= 4 is 32.4 Å². The predicted molar refractivity (Wildman–Crippen MR) is 70.1 cm³/mol. The van der Waals surface area contributed by atoms with E-state index in [1.807, 2.05) is 18.2 Å². The number of rotatable bonds is 4. The normalized spacial score (nSPS) is 13.1. The third kappa shape index (κ3) is 3.95. The van der Waals surface area contributed by atoms with E-state index in [2.05, 4.69) is 29.8 Å². The van der Waals surface area contributed by atoms with Crippen molar-refractivity contribution in [1.82, 2.24) is 0 Å². The van der Waals surface area contributed by atoms with Gasteiger partial charge in [0.05, 0.1) is 0 Å². The highest BCUT2D eigenvalue weighted by molar-refractivity contribution is 9.10. The van der Waals surface area contributed by atoms with Gasteiger partial charge in [-0.3, -0.25) is 4.21 Å². The molecule has 0 radical (unpaired) electrons. The summed E-state index contributed by atoms with van der Waals surface area (Å²) in [4.78, 5) is 0. The quantitative estimate of drug-likeness (QED) is 0.866. The van der Waals surface area contributed by atoms with Crippen LogP contribution in [0.1, 0.15) is 19.4 Å². The molecular weight excluding hydrogens is 274 g/mol. The maximum atomic E-state index is 11.7. The maximum Gasteiger partial charge on any atom is 0.0497 e. The molecule has 0 bridgehead atoms. The summed E-state index contributed by atoms with van der Waals surface area (Å²) < 4.78 is 12.6. The minimum Gasteiger partial charge on any atom is -0.398 e. The van der Waals surface area contributed by atoms with Gasteiger partial charge in [0, 0.05) is 32.5 Å². The van der Waals surface area contributed by atoms with Gasteiger partial charge in [-0.05, 0) is 33.5 Å². The van der Waals surface area contributed by atoms with E-state index >= 15 is 0 Å². The van der Waals surface area contributed by atoms with Crippen LogP contribution >= 0.6 is 15.9 Å². The molecule has 2 nitrogen and oxygen atoms in total. The van der Waals surface area contributed by atoms with Crippen molar-refractivity contribution in [3.8, 4) is 0 Å². The second-order valence-electron chi connectivity index (χ2n) is 3.97. The lowest BCUT2D eigenvalue weighted by Gasteiger charge is -2.08. The molecule has 0 saturated carbocycles. The summed E-state index contributed by atoms with van der Waals surface area (Å²) in [6.07, 6.45) is 0. The SMILES string of the molecule is CC(C)CS(=O)Cc1cccc(N)c1Br. The lowest BCUT2D eigenvalue weighted by molar-refractivity contribution is 0.664. The predicted octanol–water partition coefficient (Wildman–Crippen LogP) is 2.94. The zero-order valence-corrected chi connectivity index (χ0v) is 11.4. The zero-order valence-electron chi connectivity index (χ0n) is 9.00. The molecular formula is C11H16BrNOS. The van der Waals surface area contributed by atoms with Crippen molar-refractivity contribution in [1.29, 1.82) is 0 Å². The lowest BCUT2D eigenvalue weighted by atomic mass is 10.2. The number of nitrogen functional groups attached to an aromatic ring is 1. The van der Waals surface area contributed by atoms with E-state index in [9.17, 15) is 4.21 Å². The van der Waals surface area contributed by atoms with Crippen LogP contribution in [0.25, 0.3) is 0 Å². The molecule has 1 atom stereocenters. The first kappa shape index (κ1) is 12.7. The van der Waals surface area contributed by atoms with Crippen LogP contribution in [-0.2, 0) is 16.6 Å². The zero-order chi connectivity index (χ0) is 11.4. The molecule has 0 spiro atoms. The Hall–Kier alpha value is -0.350. The molecule has 0 aliphatic rings. The first-order chi connectivity index (χ1) is 7.00. The van der Waals surface area contributed by atoms with Crippen LogP contribution in [0.4, 0.5) is 5.69 Å². The molecule has 0 fully saturated rings. The fourth-order valence-corrected chi connectivity index (χ4v) is 3.35. The average Bonchev–Trinajstić information content (AvgIpc) is 2.11. The van der Waals surface area contributed by atoms with Gasteiger partial charge in [-0.1, -0.05) is 26.0 Å². The van der Waals surface area contributed by atoms with E-state index in [0.29, 0.717) is 17.4 Å². The third-order valence-corrected chi connectivity index (χ3v) is 4.58. The molecule has 0 aromatic heterocycles. The second-order valence-corrected chi connectivity index (χ2v) is 6.26. The summed E-state index contributed by atoms with van der Waals surface area (Å²) in [6, 6.07) is 5.68. The van der Waals surface area contributed by atoms with Crippen LogP contribution < -0.4 is 5.73 Å². The molecule has 15 heavy (non-hydrogen) atoms. The topological polar surface area (TPSA) is 43.1 Å². The van der Waals surface area contributed by atoms with Gasteiger partial charge in [-0.2, -0.15) is 0 Å². The van der Waals surface area contributed by atoms with Crippen molar-refractivity contribution in [2.24, 2.45) is 5.92 Å². The van der Waals surface area contributed by atoms with Crippen molar-refractivity contribution in [3.05, 3.63) is 28.2 Å². The molecule has 1 aromatic carbocycles. The Morgan fingerprint density at radius 3 is 2.73 bits per heavy atom. The minimum atomic E-state index is -0.805. The monoisotopic (exact) mass is 289 g/mol. The number of hydrogen-bond donors (Lipinski definition) is 1. The Bertz CT molecular complexity index is 366. The van der Waals surface area contributed by atoms with Gasteiger partial charge in [-0.25, -0.2) is 0 Å². The van der Waals surface area contributed by atoms with Crippen molar-refractivity contribution in [2.45, 2.75) is 19.6 Å². The van der Waals surface area contributed by atoms with Crippen LogP contribution in [0.2, 0.25) is 0 Å². The molecule has 1 unspecified atom stereocenters. The summed E-state index contributed by atoms with van der Waals surface area (Å²) in [5, 5.41) is 0. The first-order valence-corrected chi connectivity index (χ1v) is 7.16. The molecule has 1 rings (SSSR count). The van der Waals surface area contributed by atoms with Gasteiger partial charge in [0.1, 0.15) is 0 Å². The molecule has 2 N–H and O–H groups in total. The Morgan fingerprint density at radius 1 is 1.47 bits per heavy atom. The van der Waals surface area contributed by atoms with Gasteiger partial charge in [0.25, 0.3) is 0 Å². The van der Waals surface area contributed by atoms with E-state index in [4.69, 9.17) is 5.73 Å². The fraction of sp³-hybridized carbons (Fsp3) is 0.455. The van der Waals surface area contributed by atoms with Gasteiger partial charge in [0.2, 0.25) is 0 Å². The Morgan fingerprint density at radius 2 is 2.13 bits per heavy atom. The highest BCUT2D eigenvalue weighted by Crippen LogP contribution is 2.24. The number of hydrogen-bond acceptors (Lipinski definition) is 2. The average molecular weight is 290 g/mol. The number of halogens is 1. The summed E-state index contributed by atoms with van der Waals surface area (Å²) in [6.45, 7) is 4.15. The van der Waals surface area contributed by atoms with Crippen molar-refractivity contribution in [3.63, 3.8) is 0 Å². The molecule has 4 heteroatoms. The maximum absolute atomic E-state index is 11.7. The van der Waals surface area contributed by atoms with E-state index in [1.165, 1.54) is 0 Å². The van der Waals surface area contributed by atoms with Gasteiger partial charge in [0.15, 0.2) is 0 Å². The van der Waals surface area contributed by atoms with E-state index < -0.39 is 10.8 Å². The second kappa shape index (κ2) is 5.66. The molecule has 0 heterocycles. The standard InChI is InChI=1S/C11H16BrNOS/c1-8(2)6-15(14)7-9-4-3-5-10(13)11(9)12/h3-5,8H,6-7,13H2,1-2H3. The van der Waals surface area contributed by atoms with Crippen LogP contribution in [0.3, 0.4) is 0 Å². The Kier molecular flexibility index (Phi) is 4.80. The van der Waals surface area contributed by atoms with E-state index in [1.54, 1.807) is 0 Å². The lowest BCUT2D eigenvalue weighted by Crippen LogP contribution is -2.07. The molecule has 0 aliphatic heterocycles. The smallest absolute Gasteiger partial charge is 0.0497 e. The molecule has 0 saturated heterocycles. The largest absolute Gasteiger partial charge is 0.398 e. The first-order valence-electron chi connectivity index (χ1n) is 4.88. The van der Waals surface area contributed by atoms with Crippen LogP contribution in [-0.4, -0.2) is 9.96 Å². The van der Waals surface area contributed by atoms with Gasteiger partial charge >= 0.3 is 0 Å². The summed E-state index contributed by atoms with van der Waals surface area (Å²) in [7, 11) is -0.805. The summed E-state index contributed by atoms with van der Waals surface area (Å²) in [5.74, 6) is 1.77. The van der Waals surface area contributed by atoms with Gasteiger partial charge in [-0.15, -0.1) is 0 Å². The van der Waals surface area contributed by atoms with E-state index in [-0.39, 0.29) is 0 Å². The summed E-state index contributed by atoms with van der Waals surface area (Å²) in [5.41, 5.74) is 7.48. The van der Waals surface area contributed by atoms with Crippen molar-refractivity contribution < 1.29 is 4.21 Å². The van der Waals surface area contributed by atoms with E-state index in [0.717, 1.165) is 15.8 Å². The van der Waals surface area contributed by atoms with Crippen LogP contribution in [0.15, 0.2) is 22.7 Å². The Labute approximate surface area is 102 Å².